The van der Waals surface area contributed by atoms with Crippen molar-refractivity contribution in [2.75, 3.05) is 24.5 Å². The highest BCUT2D eigenvalue weighted by molar-refractivity contribution is 6.30. The molecule has 1 aliphatic heterocycles. The Labute approximate surface area is 149 Å². The molecule has 0 spiro atoms. The molecule has 2 N–H and O–H groups in total. The number of rotatable bonds is 6. The Morgan fingerprint density at radius 2 is 1.71 bits per heavy atom. The molecule has 0 unspecified atom stereocenters. The Hall–Kier alpha value is -1.55. The molecule has 128 valence electrons. The Morgan fingerprint density at radius 3 is 2.38 bits per heavy atom. The van der Waals surface area contributed by atoms with Crippen LogP contribution in [0.4, 0.5) is 5.69 Å². The Kier molecular flexibility index (Phi) is 6.13. The van der Waals surface area contributed by atoms with E-state index in [1.165, 1.54) is 11.3 Å². The van der Waals surface area contributed by atoms with E-state index < -0.39 is 0 Å². The lowest BCUT2D eigenvalue weighted by atomic mass is 10.0. The Morgan fingerprint density at radius 1 is 1.04 bits per heavy atom. The monoisotopic (exact) mass is 344 g/mol. The zero-order valence-electron chi connectivity index (χ0n) is 13.9. The molecule has 1 heterocycles. The van der Waals surface area contributed by atoms with Gasteiger partial charge in [0.25, 0.3) is 0 Å². The molecule has 0 saturated carbocycles. The zero-order valence-corrected chi connectivity index (χ0v) is 14.6. The summed E-state index contributed by atoms with van der Waals surface area (Å²) in [6.07, 6.45) is 2.57. The van der Waals surface area contributed by atoms with Gasteiger partial charge in [0.05, 0.1) is 6.10 Å². The first kappa shape index (κ1) is 17.3. The third-order valence-electron chi connectivity index (χ3n) is 4.64. The fraction of sp³-hybridized carbons (Fsp3) is 0.400. The molecule has 0 aromatic heterocycles. The molecular formula is C20H25ClN2O. The minimum absolute atomic E-state index is 0.332. The number of benzene rings is 2. The summed E-state index contributed by atoms with van der Waals surface area (Å²) in [7, 11) is 0. The molecule has 3 nitrogen and oxygen atoms in total. The number of anilines is 1. The third-order valence-corrected chi connectivity index (χ3v) is 4.90. The molecule has 0 aliphatic carbocycles. The quantitative estimate of drug-likeness (QED) is 0.841. The van der Waals surface area contributed by atoms with E-state index in [4.69, 9.17) is 11.6 Å². The van der Waals surface area contributed by atoms with Crippen molar-refractivity contribution in [1.29, 1.82) is 0 Å². The highest BCUT2D eigenvalue weighted by Crippen LogP contribution is 2.22. The fourth-order valence-corrected chi connectivity index (χ4v) is 3.38. The topological polar surface area (TPSA) is 35.5 Å². The van der Waals surface area contributed by atoms with E-state index in [1.54, 1.807) is 0 Å². The van der Waals surface area contributed by atoms with Crippen LogP contribution in [0.2, 0.25) is 5.02 Å². The van der Waals surface area contributed by atoms with E-state index in [1.807, 2.05) is 30.3 Å². The van der Waals surface area contributed by atoms with E-state index in [0.717, 1.165) is 31.0 Å². The predicted molar refractivity (Wildman–Crippen MR) is 101 cm³/mol. The second kappa shape index (κ2) is 8.52. The molecular weight excluding hydrogens is 320 g/mol. The fourth-order valence-electron chi connectivity index (χ4n) is 3.25. The third kappa shape index (κ3) is 4.97. The van der Waals surface area contributed by atoms with Gasteiger partial charge in [-0.2, -0.15) is 0 Å². The van der Waals surface area contributed by atoms with Crippen LogP contribution in [0.1, 0.15) is 18.4 Å². The largest absolute Gasteiger partial charge is 0.391 e. The average Bonchev–Trinajstić information content (AvgIpc) is 2.62. The lowest BCUT2D eigenvalue weighted by molar-refractivity contribution is 0.164. The maximum atomic E-state index is 10.2. The van der Waals surface area contributed by atoms with Crippen LogP contribution < -0.4 is 10.2 Å². The van der Waals surface area contributed by atoms with Gasteiger partial charge in [0.15, 0.2) is 0 Å². The molecule has 0 bridgehead atoms. The van der Waals surface area contributed by atoms with Crippen molar-refractivity contribution >= 4 is 17.3 Å². The first-order valence-corrected chi connectivity index (χ1v) is 9.04. The standard InChI is InChI=1S/C20H25ClN2O/c21-17-6-8-19(9-7-17)23-12-10-18(11-13-23)22-15-20(24)14-16-4-2-1-3-5-16/h1-9,18,20,22,24H,10-15H2/t20-/m0/s1. The van der Waals surface area contributed by atoms with Gasteiger partial charge in [0, 0.05) is 36.4 Å². The van der Waals surface area contributed by atoms with Crippen molar-refractivity contribution in [3.8, 4) is 0 Å². The second-order valence-corrected chi connectivity index (χ2v) is 6.93. The summed E-state index contributed by atoms with van der Waals surface area (Å²) in [5.41, 5.74) is 2.42. The van der Waals surface area contributed by atoms with Crippen LogP contribution in [-0.2, 0) is 6.42 Å². The lowest BCUT2D eigenvalue weighted by Gasteiger charge is -2.34. The summed E-state index contributed by atoms with van der Waals surface area (Å²) in [6, 6.07) is 18.7. The predicted octanol–water partition coefficient (Wildman–Crippen LogP) is 3.50. The first-order valence-electron chi connectivity index (χ1n) is 8.66. The summed E-state index contributed by atoms with van der Waals surface area (Å²) in [5, 5.41) is 14.5. The average molecular weight is 345 g/mol. The van der Waals surface area contributed by atoms with E-state index in [9.17, 15) is 5.11 Å². The molecule has 0 radical (unpaired) electrons. The minimum atomic E-state index is -0.332. The number of piperidine rings is 1. The Balaban J connectivity index is 1.40. The molecule has 24 heavy (non-hydrogen) atoms. The smallest absolute Gasteiger partial charge is 0.0704 e. The van der Waals surface area contributed by atoms with E-state index in [-0.39, 0.29) is 6.10 Å². The number of halogens is 1. The summed E-state index contributed by atoms with van der Waals surface area (Å²) in [6.45, 7) is 2.72. The highest BCUT2D eigenvalue weighted by atomic mass is 35.5. The lowest BCUT2D eigenvalue weighted by Crippen LogP contribution is -2.45. The molecule has 4 heteroatoms. The summed E-state index contributed by atoms with van der Waals surface area (Å²) in [5.74, 6) is 0. The van der Waals surface area contributed by atoms with Gasteiger partial charge in [-0.05, 0) is 49.1 Å². The van der Waals surface area contributed by atoms with Crippen molar-refractivity contribution in [2.24, 2.45) is 0 Å². The van der Waals surface area contributed by atoms with Gasteiger partial charge < -0.3 is 15.3 Å². The van der Waals surface area contributed by atoms with Crippen molar-refractivity contribution in [1.82, 2.24) is 5.32 Å². The van der Waals surface area contributed by atoms with Gasteiger partial charge in [-0.1, -0.05) is 41.9 Å². The van der Waals surface area contributed by atoms with Crippen LogP contribution in [0.5, 0.6) is 0 Å². The molecule has 3 rings (SSSR count). The van der Waals surface area contributed by atoms with Gasteiger partial charge in [0.1, 0.15) is 0 Å². The molecule has 1 saturated heterocycles. The summed E-state index contributed by atoms with van der Waals surface area (Å²) < 4.78 is 0. The molecule has 2 aromatic rings. The Bertz CT molecular complexity index is 609. The zero-order chi connectivity index (χ0) is 16.8. The van der Waals surface area contributed by atoms with Crippen LogP contribution in [0, 0.1) is 0 Å². The summed E-state index contributed by atoms with van der Waals surface area (Å²) in [4.78, 5) is 2.40. The molecule has 2 aromatic carbocycles. The van der Waals surface area contributed by atoms with Gasteiger partial charge >= 0.3 is 0 Å². The van der Waals surface area contributed by atoms with Gasteiger partial charge in [-0.3, -0.25) is 0 Å². The number of hydrogen-bond acceptors (Lipinski definition) is 3. The van der Waals surface area contributed by atoms with E-state index >= 15 is 0 Å². The number of nitrogens with one attached hydrogen (secondary N) is 1. The van der Waals surface area contributed by atoms with Crippen molar-refractivity contribution < 1.29 is 5.11 Å². The molecule has 1 atom stereocenters. The SMILES string of the molecule is O[C@H](CNC1CCN(c2ccc(Cl)cc2)CC1)Cc1ccccc1. The van der Waals surface area contributed by atoms with Crippen LogP contribution in [0.15, 0.2) is 54.6 Å². The highest BCUT2D eigenvalue weighted by Gasteiger charge is 2.19. The first-order chi connectivity index (χ1) is 11.7. The van der Waals surface area contributed by atoms with E-state index in [0.29, 0.717) is 19.0 Å². The number of nitrogens with zero attached hydrogens (tertiary/aromatic N) is 1. The van der Waals surface area contributed by atoms with Crippen molar-refractivity contribution in [3.63, 3.8) is 0 Å². The number of aliphatic hydroxyl groups excluding tert-OH is 1. The number of hydrogen-bond donors (Lipinski definition) is 2. The van der Waals surface area contributed by atoms with Crippen LogP contribution >= 0.6 is 11.6 Å². The van der Waals surface area contributed by atoms with Gasteiger partial charge in [-0.15, -0.1) is 0 Å². The van der Waals surface area contributed by atoms with Crippen LogP contribution in [-0.4, -0.2) is 36.9 Å². The normalized spacial score (nSPS) is 17.0. The van der Waals surface area contributed by atoms with Crippen LogP contribution in [0.25, 0.3) is 0 Å². The summed E-state index contributed by atoms with van der Waals surface area (Å²) >= 11 is 5.95. The molecule has 0 amide bonds. The second-order valence-electron chi connectivity index (χ2n) is 6.49. The van der Waals surface area contributed by atoms with E-state index in [2.05, 4.69) is 34.5 Å². The molecule has 1 aliphatic rings. The van der Waals surface area contributed by atoms with Gasteiger partial charge in [0.2, 0.25) is 0 Å². The van der Waals surface area contributed by atoms with Crippen molar-refractivity contribution in [3.05, 3.63) is 65.2 Å². The van der Waals surface area contributed by atoms with Crippen LogP contribution in [0.3, 0.4) is 0 Å². The minimum Gasteiger partial charge on any atom is -0.391 e. The maximum Gasteiger partial charge on any atom is 0.0704 e. The van der Waals surface area contributed by atoms with Crippen molar-refractivity contribution in [2.45, 2.75) is 31.4 Å². The number of aliphatic hydroxyl groups is 1. The van der Waals surface area contributed by atoms with Gasteiger partial charge in [-0.25, -0.2) is 0 Å². The molecule has 1 fully saturated rings. The maximum absolute atomic E-state index is 10.2.